The van der Waals surface area contributed by atoms with E-state index in [9.17, 15) is 4.79 Å². The van der Waals surface area contributed by atoms with Crippen LogP contribution in [0, 0.1) is 5.82 Å². The zero-order valence-electron chi connectivity index (χ0n) is 22.7. The SMILES string of the molecule is COc1ccccc1-c1cc(C(C)C)c(F)c2[nH]c(C(=O)N3CCN(c4ncccc4C(C)C)CC3)cc12. The number of H-pyrrole nitrogens is 1. The number of amides is 1. The standard InChI is InChI=1S/C31H35FN4O2/c1-19(2)21-10-8-12-33-30(21)35-13-15-36(16-14-35)31(37)26-18-25-24(22-9-6-7-11-27(22)38-5)17-23(20(3)4)28(32)29(25)34-26/h6-12,17-20,34H,13-16H2,1-5H3. The van der Waals surface area contributed by atoms with E-state index in [0.717, 1.165) is 16.9 Å². The maximum absolute atomic E-state index is 15.7. The normalized spacial score (nSPS) is 14.1. The number of methoxy groups -OCH3 is 1. The van der Waals surface area contributed by atoms with Gasteiger partial charge in [0.1, 0.15) is 17.3 Å². The summed E-state index contributed by atoms with van der Waals surface area (Å²) < 4.78 is 21.3. The van der Waals surface area contributed by atoms with Crippen molar-refractivity contribution in [3.05, 3.63) is 77.4 Å². The van der Waals surface area contributed by atoms with Crippen LogP contribution in [0.25, 0.3) is 22.0 Å². The van der Waals surface area contributed by atoms with E-state index < -0.39 is 0 Å². The highest BCUT2D eigenvalue weighted by Crippen LogP contribution is 2.39. The first-order chi connectivity index (χ1) is 18.3. The lowest BCUT2D eigenvalue weighted by molar-refractivity contribution is 0.0741. The number of rotatable bonds is 6. The van der Waals surface area contributed by atoms with Crippen molar-refractivity contribution in [2.75, 3.05) is 38.2 Å². The second kappa shape index (κ2) is 10.5. The monoisotopic (exact) mass is 514 g/mol. The van der Waals surface area contributed by atoms with Crippen LogP contribution in [-0.2, 0) is 0 Å². The highest BCUT2D eigenvalue weighted by molar-refractivity contribution is 6.04. The molecule has 1 fully saturated rings. The predicted molar refractivity (Wildman–Crippen MR) is 151 cm³/mol. The highest BCUT2D eigenvalue weighted by Gasteiger charge is 2.27. The molecule has 38 heavy (non-hydrogen) atoms. The van der Waals surface area contributed by atoms with Gasteiger partial charge in [-0.05, 0) is 52.8 Å². The molecular formula is C31H35FN4O2. The molecule has 0 unspecified atom stereocenters. The summed E-state index contributed by atoms with van der Waals surface area (Å²) in [6, 6.07) is 15.5. The molecule has 3 heterocycles. The van der Waals surface area contributed by atoms with Crippen LogP contribution in [0.2, 0.25) is 0 Å². The molecule has 2 aromatic heterocycles. The van der Waals surface area contributed by atoms with Crippen molar-refractivity contribution in [2.45, 2.75) is 39.5 Å². The number of aromatic amines is 1. The van der Waals surface area contributed by atoms with Crippen molar-refractivity contribution in [3.8, 4) is 16.9 Å². The number of carbonyl (C=O) groups is 1. The Morgan fingerprint density at radius 1 is 0.947 bits per heavy atom. The van der Waals surface area contributed by atoms with Gasteiger partial charge in [0.05, 0.1) is 12.6 Å². The Morgan fingerprint density at radius 2 is 1.66 bits per heavy atom. The van der Waals surface area contributed by atoms with Crippen LogP contribution in [0.5, 0.6) is 5.75 Å². The zero-order chi connectivity index (χ0) is 27.0. The molecule has 1 aliphatic heterocycles. The summed E-state index contributed by atoms with van der Waals surface area (Å²) in [4.78, 5) is 25.5. The van der Waals surface area contributed by atoms with E-state index in [2.05, 4.69) is 34.8 Å². The number of carbonyl (C=O) groups excluding carboxylic acids is 1. The lowest BCUT2D eigenvalue weighted by Crippen LogP contribution is -2.49. The fourth-order valence-electron chi connectivity index (χ4n) is 5.32. The molecule has 0 saturated carbocycles. The van der Waals surface area contributed by atoms with Crippen LogP contribution in [0.4, 0.5) is 10.2 Å². The number of para-hydroxylation sites is 1. The molecule has 0 spiro atoms. The van der Waals surface area contributed by atoms with E-state index in [1.807, 2.05) is 61.3 Å². The molecule has 0 atom stereocenters. The van der Waals surface area contributed by atoms with E-state index in [4.69, 9.17) is 4.74 Å². The number of ether oxygens (including phenoxy) is 1. The van der Waals surface area contributed by atoms with Crippen LogP contribution in [-0.4, -0.2) is 54.1 Å². The molecule has 7 heteroatoms. The van der Waals surface area contributed by atoms with Crippen molar-refractivity contribution in [1.29, 1.82) is 0 Å². The van der Waals surface area contributed by atoms with Crippen molar-refractivity contribution >= 4 is 22.6 Å². The third kappa shape index (κ3) is 4.62. The van der Waals surface area contributed by atoms with E-state index in [1.165, 1.54) is 5.56 Å². The summed E-state index contributed by atoms with van der Waals surface area (Å²) in [6.45, 7) is 10.8. The summed E-state index contributed by atoms with van der Waals surface area (Å²) in [7, 11) is 1.63. The minimum absolute atomic E-state index is 0.0225. The Morgan fingerprint density at radius 3 is 2.34 bits per heavy atom. The fourth-order valence-corrected chi connectivity index (χ4v) is 5.32. The molecule has 198 valence electrons. The number of hydrogen-bond acceptors (Lipinski definition) is 4. The summed E-state index contributed by atoms with van der Waals surface area (Å²) in [5.41, 5.74) is 4.27. The van der Waals surface area contributed by atoms with Gasteiger partial charge >= 0.3 is 0 Å². The largest absolute Gasteiger partial charge is 0.496 e. The van der Waals surface area contributed by atoms with Gasteiger partial charge in [-0.1, -0.05) is 52.0 Å². The van der Waals surface area contributed by atoms with Crippen LogP contribution >= 0.6 is 0 Å². The summed E-state index contributed by atoms with van der Waals surface area (Å²) >= 11 is 0. The Kier molecular flexibility index (Phi) is 7.11. The van der Waals surface area contributed by atoms with Gasteiger partial charge in [0, 0.05) is 43.3 Å². The molecule has 2 aromatic carbocycles. The van der Waals surface area contributed by atoms with E-state index >= 15 is 4.39 Å². The van der Waals surface area contributed by atoms with Crippen molar-refractivity contribution in [3.63, 3.8) is 0 Å². The quantitative estimate of drug-likeness (QED) is 0.315. The van der Waals surface area contributed by atoms with E-state index in [1.54, 1.807) is 13.2 Å². The predicted octanol–water partition coefficient (Wildman–Crippen LogP) is 6.59. The number of hydrogen-bond donors (Lipinski definition) is 1. The van der Waals surface area contributed by atoms with Gasteiger partial charge in [-0.3, -0.25) is 4.79 Å². The number of benzene rings is 2. The summed E-state index contributed by atoms with van der Waals surface area (Å²) in [6.07, 6.45) is 1.82. The van der Waals surface area contributed by atoms with Gasteiger partial charge in [-0.2, -0.15) is 0 Å². The topological polar surface area (TPSA) is 61.5 Å². The second-order valence-electron chi connectivity index (χ2n) is 10.5. The van der Waals surface area contributed by atoms with Crippen LogP contribution in [0.3, 0.4) is 0 Å². The van der Waals surface area contributed by atoms with E-state index in [-0.39, 0.29) is 17.6 Å². The van der Waals surface area contributed by atoms with Gasteiger partial charge in [-0.25, -0.2) is 9.37 Å². The first-order valence-electron chi connectivity index (χ1n) is 13.3. The van der Waals surface area contributed by atoms with Gasteiger partial charge in [0.15, 0.2) is 5.82 Å². The Balaban J connectivity index is 1.47. The average molecular weight is 515 g/mol. The number of nitrogens with zero attached hydrogens (tertiary/aromatic N) is 3. The maximum atomic E-state index is 15.7. The van der Waals surface area contributed by atoms with Crippen LogP contribution < -0.4 is 9.64 Å². The van der Waals surface area contributed by atoms with Gasteiger partial charge in [0.2, 0.25) is 0 Å². The molecule has 1 N–H and O–H groups in total. The first-order valence-corrected chi connectivity index (χ1v) is 13.3. The second-order valence-corrected chi connectivity index (χ2v) is 10.5. The van der Waals surface area contributed by atoms with Crippen LogP contribution in [0.1, 0.15) is 61.1 Å². The van der Waals surface area contributed by atoms with E-state index in [0.29, 0.717) is 60.0 Å². The third-order valence-corrected chi connectivity index (χ3v) is 7.44. The number of fused-ring (bicyclic) bond motifs is 1. The maximum Gasteiger partial charge on any atom is 0.270 e. The molecule has 4 aromatic rings. The summed E-state index contributed by atoms with van der Waals surface area (Å²) in [5, 5.41) is 0.674. The van der Waals surface area contributed by atoms with Crippen molar-refractivity contribution in [1.82, 2.24) is 14.9 Å². The third-order valence-electron chi connectivity index (χ3n) is 7.44. The van der Waals surface area contributed by atoms with Gasteiger partial charge < -0.3 is 19.5 Å². The molecular weight excluding hydrogens is 479 g/mol. The number of anilines is 1. The molecule has 0 radical (unpaired) electrons. The Bertz CT molecular complexity index is 1470. The molecule has 0 bridgehead atoms. The van der Waals surface area contributed by atoms with Crippen molar-refractivity contribution in [2.24, 2.45) is 0 Å². The average Bonchev–Trinajstić information content (AvgIpc) is 3.39. The number of piperazine rings is 1. The highest BCUT2D eigenvalue weighted by atomic mass is 19.1. The number of nitrogens with one attached hydrogen (secondary N) is 1. The van der Waals surface area contributed by atoms with Gasteiger partial charge in [-0.15, -0.1) is 0 Å². The lowest BCUT2D eigenvalue weighted by atomic mass is 9.93. The first kappa shape index (κ1) is 25.8. The minimum atomic E-state index is -0.311. The smallest absolute Gasteiger partial charge is 0.270 e. The van der Waals surface area contributed by atoms with Crippen LogP contribution in [0.15, 0.2) is 54.7 Å². The molecule has 1 saturated heterocycles. The molecule has 1 aliphatic rings. The molecule has 5 rings (SSSR count). The molecule has 0 aliphatic carbocycles. The zero-order valence-corrected chi connectivity index (χ0v) is 22.7. The number of pyridine rings is 1. The molecule has 6 nitrogen and oxygen atoms in total. The van der Waals surface area contributed by atoms with Gasteiger partial charge in [0.25, 0.3) is 5.91 Å². The fraction of sp³-hybridized carbons (Fsp3) is 0.355. The Labute approximate surface area is 223 Å². The lowest BCUT2D eigenvalue weighted by Gasteiger charge is -2.36. The minimum Gasteiger partial charge on any atom is -0.496 e. The van der Waals surface area contributed by atoms with Crippen molar-refractivity contribution < 1.29 is 13.9 Å². The summed E-state index contributed by atoms with van der Waals surface area (Å²) in [5.74, 6) is 1.61. The Hall–Kier alpha value is -3.87. The number of halogens is 1. The molecule has 1 amide bonds. The number of aromatic nitrogens is 2.